The highest BCUT2D eigenvalue weighted by molar-refractivity contribution is 5.91. The van der Waals surface area contributed by atoms with Crippen LogP contribution < -0.4 is 10.1 Å². The van der Waals surface area contributed by atoms with Crippen LogP contribution in [0.5, 0.6) is 5.88 Å². The summed E-state index contributed by atoms with van der Waals surface area (Å²) in [6.07, 6.45) is 1.92. The zero-order chi connectivity index (χ0) is 15.9. The highest BCUT2D eigenvalue weighted by Crippen LogP contribution is 2.09. The number of furan rings is 1. The Labute approximate surface area is 127 Å². The zero-order valence-electron chi connectivity index (χ0n) is 12.2. The van der Waals surface area contributed by atoms with E-state index in [0.717, 1.165) is 0 Å². The Balaban J connectivity index is 1.85. The van der Waals surface area contributed by atoms with Crippen LogP contribution in [0.2, 0.25) is 0 Å². The lowest BCUT2D eigenvalue weighted by atomic mass is 10.3. The van der Waals surface area contributed by atoms with Gasteiger partial charge in [-0.1, -0.05) is 0 Å². The number of methoxy groups -OCH3 is 1. The van der Waals surface area contributed by atoms with Crippen molar-refractivity contribution in [2.75, 3.05) is 7.11 Å². The number of nitrogens with one attached hydrogen (secondary N) is 1. The molecule has 0 saturated heterocycles. The summed E-state index contributed by atoms with van der Waals surface area (Å²) < 4.78 is 15.1. The smallest absolute Gasteiger partial charge is 0.340 e. The van der Waals surface area contributed by atoms with Crippen LogP contribution in [0, 0.1) is 0 Å². The Morgan fingerprint density at radius 1 is 1.36 bits per heavy atom. The summed E-state index contributed by atoms with van der Waals surface area (Å²) in [6.45, 7) is 1.73. The molecule has 22 heavy (non-hydrogen) atoms. The van der Waals surface area contributed by atoms with Gasteiger partial charge in [0.15, 0.2) is 6.10 Å². The van der Waals surface area contributed by atoms with Gasteiger partial charge < -0.3 is 19.2 Å². The molecule has 7 nitrogen and oxygen atoms in total. The van der Waals surface area contributed by atoms with Crippen LogP contribution in [-0.2, 0) is 16.1 Å². The molecule has 2 aromatic rings. The van der Waals surface area contributed by atoms with Gasteiger partial charge in [-0.3, -0.25) is 4.79 Å². The summed E-state index contributed by atoms with van der Waals surface area (Å²) in [7, 11) is 1.48. The van der Waals surface area contributed by atoms with Gasteiger partial charge in [0.1, 0.15) is 5.76 Å². The van der Waals surface area contributed by atoms with Crippen molar-refractivity contribution in [3.63, 3.8) is 0 Å². The molecule has 0 spiro atoms. The largest absolute Gasteiger partial charge is 0.481 e. The number of amides is 1. The van der Waals surface area contributed by atoms with Gasteiger partial charge in [-0.25, -0.2) is 9.78 Å². The van der Waals surface area contributed by atoms with E-state index in [-0.39, 0.29) is 12.1 Å². The van der Waals surface area contributed by atoms with E-state index in [0.29, 0.717) is 11.6 Å². The van der Waals surface area contributed by atoms with Crippen LogP contribution >= 0.6 is 0 Å². The lowest BCUT2D eigenvalue weighted by Gasteiger charge is -2.13. The molecule has 1 N–H and O–H groups in total. The summed E-state index contributed by atoms with van der Waals surface area (Å²) in [5.74, 6) is -0.0333. The fourth-order valence-electron chi connectivity index (χ4n) is 1.64. The van der Waals surface area contributed by atoms with Crippen molar-refractivity contribution in [1.29, 1.82) is 0 Å². The van der Waals surface area contributed by atoms with Gasteiger partial charge in [-0.2, -0.15) is 0 Å². The number of aromatic nitrogens is 1. The van der Waals surface area contributed by atoms with Crippen LogP contribution in [0.15, 0.2) is 41.1 Å². The molecule has 1 amide bonds. The van der Waals surface area contributed by atoms with Crippen LogP contribution in [0.25, 0.3) is 0 Å². The number of rotatable bonds is 6. The Morgan fingerprint density at radius 2 is 2.18 bits per heavy atom. The van der Waals surface area contributed by atoms with Gasteiger partial charge in [0.2, 0.25) is 5.88 Å². The molecular weight excluding hydrogens is 288 g/mol. The molecular formula is C15H16N2O5. The number of carbonyl (C=O) groups excluding carboxylic acids is 2. The molecule has 2 aromatic heterocycles. The van der Waals surface area contributed by atoms with E-state index < -0.39 is 18.0 Å². The summed E-state index contributed by atoms with van der Waals surface area (Å²) in [4.78, 5) is 27.6. The summed E-state index contributed by atoms with van der Waals surface area (Å²) in [5, 5.41) is 2.61. The number of nitrogens with zero attached hydrogens (tertiary/aromatic N) is 1. The second-order valence-electron chi connectivity index (χ2n) is 4.43. The molecule has 2 rings (SSSR count). The molecule has 0 aliphatic carbocycles. The minimum absolute atomic E-state index is 0.234. The van der Waals surface area contributed by atoms with Crippen molar-refractivity contribution in [3.8, 4) is 5.88 Å². The Hall–Kier alpha value is -2.83. The first-order valence-electron chi connectivity index (χ1n) is 6.61. The first-order chi connectivity index (χ1) is 10.6. The molecule has 0 fully saturated rings. The van der Waals surface area contributed by atoms with E-state index in [2.05, 4.69) is 10.3 Å². The molecule has 0 bridgehead atoms. The van der Waals surface area contributed by atoms with Gasteiger partial charge in [-0.05, 0) is 25.1 Å². The van der Waals surface area contributed by atoms with Crippen molar-refractivity contribution < 1.29 is 23.5 Å². The molecule has 116 valence electrons. The molecule has 0 saturated carbocycles. The third-order valence-electron chi connectivity index (χ3n) is 2.85. The van der Waals surface area contributed by atoms with Crippen LogP contribution in [0.4, 0.5) is 0 Å². The lowest BCUT2D eigenvalue weighted by Crippen LogP contribution is -2.35. The maximum Gasteiger partial charge on any atom is 0.340 e. The number of carbonyl (C=O) groups is 2. The van der Waals surface area contributed by atoms with Crippen molar-refractivity contribution in [2.24, 2.45) is 0 Å². The van der Waals surface area contributed by atoms with Crippen LogP contribution in [0.1, 0.15) is 23.0 Å². The zero-order valence-corrected chi connectivity index (χ0v) is 12.2. The molecule has 2 heterocycles. The Morgan fingerprint density at radius 3 is 2.77 bits per heavy atom. The molecule has 1 atom stereocenters. The van der Waals surface area contributed by atoms with Crippen LogP contribution in [0.3, 0.4) is 0 Å². The second-order valence-corrected chi connectivity index (χ2v) is 4.43. The van der Waals surface area contributed by atoms with E-state index in [1.165, 1.54) is 38.6 Å². The first-order valence-corrected chi connectivity index (χ1v) is 6.61. The number of esters is 1. The SMILES string of the molecule is COc1ccc(C(=O)OC(C)C(=O)NCc2ccco2)cn1. The minimum Gasteiger partial charge on any atom is -0.481 e. The molecule has 0 aliphatic rings. The number of hydrogen-bond donors (Lipinski definition) is 1. The Kier molecular flexibility index (Phi) is 5.13. The highest BCUT2D eigenvalue weighted by Gasteiger charge is 2.19. The van der Waals surface area contributed by atoms with E-state index in [1.54, 1.807) is 12.1 Å². The molecule has 1 unspecified atom stereocenters. The molecule has 0 aliphatic heterocycles. The monoisotopic (exact) mass is 304 g/mol. The fraction of sp³-hybridized carbons (Fsp3) is 0.267. The van der Waals surface area contributed by atoms with Gasteiger partial charge in [0.05, 0.1) is 25.5 Å². The molecule has 0 radical (unpaired) electrons. The Bertz CT molecular complexity index is 622. The minimum atomic E-state index is -0.926. The molecule has 0 aromatic carbocycles. The van der Waals surface area contributed by atoms with E-state index in [1.807, 2.05) is 0 Å². The average Bonchev–Trinajstić information content (AvgIpc) is 3.06. The third-order valence-corrected chi connectivity index (χ3v) is 2.85. The van der Waals surface area contributed by atoms with Crippen molar-refractivity contribution in [2.45, 2.75) is 19.6 Å². The third kappa shape index (κ3) is 4.08. The maximum absolute atomic E-state index is 11.9. The van der Waals surface area contributed by atoms with Crippen LogP contribution in [-0.4, -0.2) is 30.1 Å². The highest BCUT2D eigenvalue weighted by atomic mass is 16.5. The lowest BCUT2D eigenvalue weighted by molar-refractivity contribution is -0.129. The fourth-order valence-corrected chi connectivity index (χ4v) is 1.64. The quantitative estimate of drug-likeness (QED) is 0.814. The standard InChI is InChI=1S/C15H16N2O5/c1-10(14(18)17-9-12-4-3-7-21-12)22-15(19)11-5-6-13(20-2)16-8-11/h3-8,10H,9H2,1-2H3,(H,17,18). The van der Waals surface area contributed by atoms with Gasteiger partial charge >= 0.3 is 5.97 Å². The molecule has 7 heteroatoms. The van der Waals surface area contributed by atoms with Gasteiger partial charge in [0, 0.05) is 12.3 Å². The average molecular weight is 304 g/mol. The maximum atomic E-state index is 11.9. The van der Waals surface area contributed by atoms with E-state index in [9.17, 15) is 9.59 Å². The van der Waals surface area contributed by atoms with Crippen molar-refractivity contribution >= 4 is 11.9 Å². The number of hydrogen-bond acceptors (Lipinski definition) is 6. The number of ether oxygens (including phenoxy) is 2. The second kappa shape index (κ2) is 7.26. The topological polar surface area (TPSA) is 90.7 Å². The van der Waals surface area contributed by atoms with Crippen molar-refractivity contribution in [1.82, 2.24) is 10.3 Å². The predicted octanol–water partition coefficient (Wildman–Crippen LogP) is 1.54. The normalized spacial score (nSPS) is 11.5. The van der Waals surface area contributed by atoms with E-state index >= 15 is 0 Å². The van der Waals surface area contributed by atoms with Gasteiger partial charge in [-0.15, -0.1) is 0 Å². The summed E-state index contributed by atoms with van der Waals surface area (Å²) >= 11 is 0. The predicted molar refractivity (Wildman–Crippen MR) is 76.2 cm³/mol. The van der Waals surface area contributed by atoms with E-state index in [4.69, 9.17) is 13.9 Å². The van der Waals surface area contributed by atoms with Gasteiger partial charge in [0.25, 0.3) is 5.91 Å². The number of pyridine rings is 1. The van der Waals surface area contributed by atoms with Crippen molar-refractivity contribution in [3.05, 3.63) is 48.0 Å². The first kappa shape index (κ1) is 15.6. The summed E-state index contributed by atoms with van der Waals surface area (Å²) in [5.41, 5.74) is 0.242. The summed E-state index contributed by atoms with van der Waals surface area (Å²) in [6, 6.07) is 6.52.